The highest BCUT2D eigenvalue weighted by Gasteiger charge is 2.44. The predicted molar refractivity (Wildman–Crippen MR) is 345 cm³/mol. The Labute approximate surface area is 485 Å². The first kappa shape index (κ1) is 53.8. The van der Waals surface area contributed by atoms with E-state index in [9.17, 15) is 0 Å². The maximum atomic E-state index is 5.58. The molecule has 0 bridgehead atoms. The van der Waals surface area contributed by atoms with Crippen molar-refractivity contribution >= 4 is 43.1 Å². The Kier molecular flexibility index (Phi) is 15.4. The molecule has 0 unspecified atom stereocenters. The van der Waals surface area contributed by atoms with Crippen LogP contribution < -0.4 is 0 Å². The van der Waals surface area contributed by atoms with Crippen LogP contribution in [-0.4, -0.2) is 54.9 Å². The molecule has 0 aromatic heterocycles. The fourth-order valence-electron chi connectivity index (χ4n) is 15.4. The van der Waals surface area contributed by atoms with Crippen LogP contribution in [0.4, 0.5) is 0 Å². The van der Waals surface area contributed by atoms with Crippen LogP contribution in [0.25, 0.3) is 110 Å². The van der Waals surface area contributed by atoms with Gasteiger partial charge in [0.05, 0.1) is 0 Å². The van der Waals surface area contributed by atoms with Gasteiger partial charge in [0.2, 0.25) is 0 Å². The van der Waals surface area contributed by atoms with Gasteiger partial charge in [-0.15, -0.1) is 0 Å². The van der Waals surface area contributed by atoms with Crippen molar-refractivity contribution in [2.45, 2.75) is 87.9 Å². The van der Waals surface area contributed by atoms with Crippen LogP contribution in [0.1, 0.15) is 99.3 Å². The summed E-state index contributed by atoms with van der Waals surface area (Å²) in [6.07, 6.45) is 13.0. The summed E-state index contributed by atoms with van der Waals surface area (Å²) in [5, 5.41) is 10.4. The van der Waals surface area contributed by atoms with Crippen molar-refractivity contribution in [2.24, 2.45) is 0 Å². The lowest BCUT2D eigenvalue weighted by Crippen LogP contribution is -2.26. The zero-order valence-electron chi connectivity index (χ0n) is 48.4. The van der Waals surface area contributed by atoms with E-state index in [-0.39, 0.29) is 10.8 Å². The van der Waals surface area contributed by atoms with Crippen LogP contribution in [0.15, 0.2) is 194 Å². The molecule has 11 aromatic carbocycles. The molecule has 0 saturated carbocycles. The molecule has 0 saturated heterocycles. The molecule has 0 N–H and O–H groups in total. The van der Waals surface area contributed by atoms with Gasteiger partial charge in [-0.05, 0) is 221 Å². The smallest absolute Gasteiger partial charge is 0.0462 e. The number of rotatable bonds is 24. The summed E-state index contributed by atoms with van der Waals surface area (Å²) in [7, 11) is 7.28. The molecule has 0 amide bonds. The van der Waals surface area contributed by atoms with Gasteiger partial charge < -0.3 is 18.9 Å². The number of ether oxygens (including phenoxy) is 4. The second kappa shape index (κ2) is 23.4. The Morgan fingerprint density at radius 1 is 0.244 bits per heavy atom. The van der Waals surface area contributed by atoms with Crippen molar-refractivity contribution in [3.8, 4) is 66.8 Å². The van der Waals surface area contributed by atoms with Gasteiger partial charge in [0.25, 0.3) is 0 Å². The quantitative estimate of drug-likeness (QED) is 0.0343. The number of unbranched alkanes of at least 4 members (excludes halogenated alkanes) is 4. The maximum absolute atomic E-state index is 5.58. The maximum Gasteiger partial charge on any atom is 0.0462 e. The molecule has 2 aliphatic rings. The predicted octanol–water partition coefficient (Wildman–Crippen LogP) is 20.2. The number of methoxy groups -OCH3 is 4. The van der Waals surface area contributed by atoms with Gasteiger partial charge >= 0.3 is 0 Å². The molecule has 0 heterocycles. The molecule has 2 aliphatic carbocycles. The molecule has 412 valence electrons. The van der Waals surface area contributed by atoms with Gasteiger partial charge in [0, 0.05) is 65.7 Å². The highest BCUT2D eigenvalue weighted by atomic mass is 16.5. The van der Waals surface area contributed by atoms with E-state index in [1.165, 1.54) is 132 Å². The lowest BCUT2D eigenvalue weighted by Gasteiger charge is -2.33. The van der Waals surface area contributed by atoms with Gasteiger partial charge in [-0.2, -0.15) is 0 Å². The summed E-state index contributed by atoms with van der Waals surface area (Å²) in [5.41, 5.74) is 21.3. The summed E-state index contributed by atoms with van der Waals surface area (Å²) in [6, 6.07) is 75.0. The summed E-state index contributed by atoms with van der Waals surface area (Å²) < 4.78 is 22.3. The average molecular weight is 1080 g/mol. The minimum Gasteiger partial charge on any atom is -0.385 e. The third-order valence-corrected chi connectivity index (χ3v) is 19.1. The largest absolute Gasteiger partial charge is 0.385 e. The normalized spacial score (nSPS) is 13.8. The molecule has 13 rings (SSSR count). The molecule has 11 aromatic rings. The van der Waals surface area contributed by atoms with E-state index < -0.39 is 0 Å². The highest BCUT2D eigenvalue weighted by molar-refractivity contribution is 6.35. The number of benzene rings is 11. The third kappa shape index (κ3) is 9.24. The molecule has 4 nitrogen and oxygen atoms in total. The third-order valence-electron chi connectivity index (χ3n) is 19.1. The van der Waals surface area contributed by atoms with E-state index in [1.807, 2.05) is 28.4 Å². The Morgan fingerprint density at radius 2 is 0.549 bits per heavy atom. The summed E-state index contributed by atoms with van der Waals surface area (Å²) in [5.74, 6) is 0. The summed E-state index contributed by atoms with van der Waals surface area (Å²) in [4.78, 5) is 0. The van der Waals surface area contributed by atoms with Crippen molar-refractivity contribution in [1.29, 1.82) is 0 Å². The number of fused-ring (bicyclic) bond motifs is 8. The lowest BCUT2D eigenvalue weighted by atomic mass is 9.70. The lowest BCUT2D eigenvalue weighted by molar-refractivity contribution is 0.185. The number of hydrogen-bond donors (Lipinski definition) is 0. The van der Waals surface area contributed by atoms with Gasteiger partial charge in [0.15, 0.2) is 0 Å². The topological polar surface area (TPSA) is 36.9 Å². The molecule has 0 aliphatic heterocycles. The van der Waals surface area contributed by atoms with Crippen LogP contribution in [0.5, 0.6) is 0 Å². The van der Waals surface area contributed by atoms with E-state index in [4.69, 9.17) is 18.9 Å². The van der Waals surface area contributed by atoms with Crippen LogP contribution in [0, 0.1) is 0 Å². The van der Waals surface area contributed by atoms with Gasteiger partial charge in [0.1, 0.15) is 0 Å². The Hall–Kier alpha value is -7.44. The van der Waals surface area contributed by atoms with Gasteiger partial charge in [-0.3, -0.25) is 0 Å². The van der Waals surface area contributed by atoms with Crippen molar-refractivity contribution < 1.29 is 18.9 Å². The van der Waals surface area contributed by atoms with Gasteiger partial charge in [-0.1, -0.05) is 182 Å². The minimum atomic E-state index is -0.0785. The molecule has 82 heavy (non-hydrogen) atoms. The second-order valence-electron chi connectivity index (χ2n) is 23.4. The average Bonchev–Trinajstić information content (AvgIpc) is 2.97. The van der Waals surface area contributed by atoms with E-state index in [1.54, 1.807) is 0 Å². The summed E-state index contributed by atoms with van der Waals surface area (Å²) >= 11 is 0. The van der Waals surface area contributed by atoms with E-state index in [2.05, 4.69) is 194 Å². The van der Waals surface area contributed by atoms with Crippen LogP contribution in [-0.2, 0) is 29.8 Å². The first-order chi connectivity index (χ1) is 40.5. The molecule has 0 atom stereocenters. The molecule has 0 fully saturated rings. The van der Waals surface area contributed by atoms with Crippen LogP contribution in [0.3, 0.4) is 0 Å². The first-order valence-electron chi connectivity index (χ1n) is 30.3. The van der Waals surface area contributed by atoms with Crippen LogP contribution >= 0.6 is 0 Å². The monoisotopic (exact) mass is 1080 g/mol. The van der Waals surface area contributed by atoms with Crippen molar-refractivity contribution in [1.82, 2.24) is 0 Å². The SMILES string of the molecule is COCCCCC1(CCCCOC)c2ccccc2-c2ccc(-c3ccccc3-c3ccc4c5cccc6c(-c7ccccc7-c7ccc8c(c7)C(CCCCOC)(CCCCOC)c7ccccc7-8)ccc(c7cccc3c74)c65)cc21. The second-order valence-corrected chi connectivity index (χ2v) is 23.4. The van der Waals surface area contributed by atoms with E-state index in [0.29, 0.717) is 0 Å². The molecular formula is C78H76O4. The zero-order chi connectivity index (χ0) is 55.6. The molecule has 4 heteroatoms. The Balaban J connectivity index is 0.909. The standard InChI is InChI=1S/C78H76O4/c1-79-47-17-13-43-77(44-14-18-48-80-2)71-33-11-9-27-61(71)63-37-35-53(51-73(63)77)55-23-5-7-25-57(55)59-39-41-69-68-32-22-30-66-60(40-42-70(76(66)68)67-31-21-29-65(59)75(67)69)58-26-8-6-24-56(58)54-36-38-64-62-28-10-12-34-72(62)78(74(64)52-54,45-15-19-49-81-3)46-16-20-50-82-4/h5-12,21-42,51-52H,13-20,43-50H2,1-4H3. The fourth-order valence-corrected chi connectivity index (χ4v) is 15.4. The summed E-state index contributed by atoms with van der Waals surface area (Å²) in [6.45, 7) is 3.14. The molecule has 0 radical (unpaired) electrons. The van der Waals surface area contributed by atoms with E-state index >= 15 is 0 Å². The molecule has 0 spiro atoms. The van der Waals surface area contributed by atoms with Crippen LogP contribution in [0.2, 0.25) is 0 Å². The first-order valence-corrected chi connectivity index (χ1v) is 30.3. The Bertz CT molecular complexity index is 3780. The zero-order valence-corrected chi connectivity index (χ0v) is 48.4. The highest BCUT2D eigenvalue weighted by Crippen LogP contribution is 2.57. The minimum absolute atomic E-state index is 0.0785. The molecular weight excluding hydrogens is 1000 g/mol. The fraction of sp³-hybridized carbons (Fsp3) is 0.282. The Morgan fingerprint density at radius 3 is 0.927 bits per heavy atom. The van der Waals surface area contributed by atoms with Crippen molar-refractivity contribution in [2.75, 3.05) is 54.9 Å². The number of hydrogen-bond acceptors (Lipinski definition) is 4. The van der Waals surface area contributed by atoms with Crippen molar-refractivity contribution in [3.05, 3.63) is 216 Å². The van der Waals surface area contributed by atoms with Crippen molar-refractivity contribution in [3.63, 3.8) is 0 Å². The van der Waals surface area contributed by atoms with E-state index in [0.717, 1.165) is 103 Å². The van der Waals surface area contributed by atoms with Gasteiger partial charge in [-0.25, -0.2) is 0 Å².